The topological polar surface area (TPSA) is 84.2 Å². The van der Waals surface area contributed by atoms with Crippen LogP contribution >= 0.6 is 0 Å². The van der Waals surface area contributed by atoms with E-state index in [2.05, 4.69) is 24.3 Å². The molecule has 1 amide bonds. The Bertz CT molecular complexity index is 479. The number of rotatable bonds is 9. The van der Waals surface area contributed by atoms with Crippen molar-refractivity contribution in [3.63, 3.8) is 0 Å². The van der Waals surface area contributed by atoms with Crippen molar-refractivity contribution in [2.45, 2.75) is 58.9 Å². The maximum absolute atomic E-state index is 12.1. The van der Waals surface area contributed by atoms with E-state index < -0.39 is 5.97 Å². The third kappa shape index (κ3) is 4.88. The van der Waals surface area contributed by atoms with Crippen LogP contribution in [0, 0.1) is 6.92 Å². The van der Waals surface area contributed by atoms with Crippen LogP contribution in [-0.4, -0.2) is 33.3 Å². The standard InChI is InChI=1S/C15H25N3O3/c1-4-12(5-2)18-11(3)13(10-17-18)15(21)16-9-7-6-8-14(19)20/h10,12H,4-9H2,1-3H3,(H,16,21)(H,19,20). The zero-order chi connectivity index (χ0) is 15.8. The van der Waals surface area contributed by atoms with Gasteiger partial charge in [-0.3, -0.25) is 14.3 Å². The second-order valence-corrected chi connectivity index (χ2v) is 5.17. The summed E-state index contributed by atoms with van der Waals surface area (Å²) in [7, 11) is 0. The first-order chi connectivity index (χ1) is 10.0. The third-order valence-electron chi connectivity index (χ3n) is 3.68. The molecule has 0 aliphatic rings. The van der Waals surface area contributed by atoms with Gasteiger partial charge in [-0.25, -0.2) is 0 Å². The van der Waals surface area contributed by atoms with Crippen LogP contribution in [0.5, 0.6) is 0 Å². The third-order valence-corrected chi connectivity index (χ3v) is 3.68. The average Bonchev–Trinajstić information content (AvgIpc) is 2.82. The summed E-state index contributed by atoms with van der Waals surface area (Å²) >= 11 is 0. The number of carbonyl (C=O) groups excluding carboxylic acids is 1. The zero-order valence-electron chi connectivity index (χ0n) is 13.1. The maximum Gasteiger partial charge on any atom is 0.303 e. The highest BCUT2D eigenvalue weighted by atomic mass is 16.4. The molecule has 0 aliphatic carbocycles. The van der Waals surface area contributed by atoms with Crippen molar-refractivity contribution in [1.82, 2.24) is 15.1 Å². The van der Waals surface area contributed by atoms with E-state index in [9.17, 15) is 9.59 Å². The highest BCUT2D eigenvalue weighted by Gasteiger charge is 2.17. The summed E-state index contributed by atoms with van der Waals surface area (Å²) in [5.41, 5.74) is 1.48. The lowest BCUT2D eigenvalue weighted by molar-refractivity contribution is -0.137. The second-order valence-electron chi connectivity index (χ2n) is 5.17. The van der Waals surface area contributed by atoms with Gasteiger partial charge in [0.2, 0.25) is 0 Å². The largest absolute Gasteiger partial charge is 0.481 e. The predicted octanol–water partition coefficient (Wildman–Crippen LogP) is 2.54. The maximum atomic E-state index is 12.1. The number of carboxylic acid groups (broad SMARTS) is 1. The molecule has 0 aliphatic heterocycles. The fourth-order valence-electron chi connectivity index (χ4n) is 2.35. The van der Waals surface area contributed by atoms with Crippen molar-refractivity contribution in [2.75, 3.05) is 6.54 Å². The number of amides is 1. The van der Waals surface area contributed by atoms with Gasteiger partial charge in [0, 0.05) is 18.7 Å². The summed E-state index contributed by atoms with van der Waals surface area (Å²) in [6.07, 6.45) is 4.95. The number of carbonyl (C=O) groups is 2. The Hall–Kier alpha value is -1.85. The van der Waals surface area contributed by atoms with E-state index >= 15 is 0 Å². The molecule has 0 saturated carbocycles. The molecular weight excluding hydrogens is 270 g/mol. The van der Waals surface area contributed by atoms with Crippen molar-refractivity contribution < 1.29 is 14.7 Å². The first kappa shape index (κ1) is 17.2. The van der Waals surface area contributed by atoms with E-state index in [1.165, 1.54) is 0 Å². The average molecular weight is 295 g/mol. The smallest absolute Gasteiger partial charge is 0.303 e. The minimum atomic E-state index is -0.802. The lowest BCUT2D eigenvalue weighted by Gasteiger charge is -2.15. The molecule has 0 radical (unpaired) electrons. The van der Waals surface area contributed by atoms with Gasteiger partial charge in [0.05, 0.1) is 17.8 Å². The molecule has 6 heteroatoms. The van der Waals surface area contributed by atoms with Gasteiger partial charge >= 0.3 is 5.97 Å². The van der Waals surface area contributed by atoms with Crippen LogP contribution < -0.4 is 5.32 Å². The molecule has 0 spiro atoms. The molecule has 118 valence electrons. The van der Waals surface area contributed by atoms with E-state index in [1.54, 1.807) is 6.20 Å². The fraction of sp³-hybridized carbons (Fsp3) is 0.667. The molecule has 21 heavy (non-hydrogen) atoms. The van der Waals surface area contributed by atoms with E-state index in [0.29, 0.717) is 31.0 Å². The van der Waals surface area contributed by atoms with Crippen LogP contribution in [0.1, 0.15) is 68.0 Å². The Balaban J connectivity index is 2.53. The van der Waals surface area contributed by atoms with Crippen molar-refractivity contribution in [1.29, 1.82) is 0 Å². The van der Waals surface area contributed by atoms with Crippen LogP contribution in [0.25, 0.3) is 0 Å². The lowest BCUT2D eigenvalue weighted by atomic mass is 10.1. The van der Waals surface area contributed by atoms with Crippen LogP contribution in [-0.2, 0) is 4.79 Å². The van der Waals surface area contributed by atoms with Gasteiger partial charge in [-0.1, -0.05) is 13.8 Å². The summed E-state index contributed by atoms with van der Waals surface area (Å²) in [5, 5.41) is 15.7. The van der Waals surface area contributed by atoms with Crippen LogP contribution in [0.2, 0.25) is 0 Å². The highest BCUT2D eigenvalue weighted by molar-refractivity contribution is 5.95. The van der Waals surface area contributed by atoms with E-state index in [4.69, 9.17) is 5.11 Å². The van der Waals surface area contributed by atoms with Crippen molar-refractivity contribution in [3.05, 3.63) is 17.5 Å². The predicted molar refractivity (Wildman–Crippen MR) is 80.4 cm³/mol. The Labute approximate surface area is 125 Å². The number of nitrogens with one attached hydrogen (secondary N) is 1. The van der Waals surface area contributed by atoms with Gasteiger partial charge in [-0.15, -0.1) is 0 Å². The molecular formula is C15H25N3O3. The number of aromatic nitrogens is 2. The number of nitrogens with zero attached hydrogens (tertiary/aromatic N) is 2. The van der Waals surface area contributed by atoms with Gasteiger partial charge in [0.1, 0.15) is 0 Å². The lowest BCUT2D eigenvalue weighted by Crippen LogP contribution is -2.25. The number of aliphatic carboxylic acids is 1. The Morgan fingerprint density at radius 2 is 2.00 bits per heavy atom. The molecule has 2 N–H and O–H groups in total. The van der Waals surface area contributed by atoms with Crippen molar-refractivity contribution in [2.24, 2.45) is 0 Å². The Morgan fingerprint density at radius 3 is 2.57 bits per heavy atom. The minimum Gasteiger partial charge on any atom is -0.481 e. The number of hydrogen-bond donors (Lipinski definition) is 2. The second kappa shape index (κ2) is 8.44. The fourth-order valence-corrected chi connectivity index (χ4v) is 2.35. The first-order valence-corrected chi connectivity index (χ1v) is 7.55. The summed E-state index contributed by atoms with van der Waals surface area (Å²) in [6.45, 7) is 6.61. The van der Waals surface area contributed by atoms with Crippen LogP contribution in [0.4, 0.5) is 0 Å². The van der Waals surface area contributed by atoms with Crippen molar-refractivity contribution >= 4 is 11.9 Å². The molecule has 0 atom stereocenters. The van der Waals surface area contributed by atoms with E-state index in [-0.39, 0.29) is 12.3 Å². The molecule has 1 rings (SSSR count). The molecule has 1 heterocycles. The minimum absolute atomic E-state index is 0.139. The van der Waals surface area contributed by atoms with Crippen LogP contribution in [0.3, 0.4) is 0 Å². The quantitative estimate of drug-likeness (QED) is 0.686. The van der Waals surface area contributed by atoms with Crippen molar-refractivity contribution in [3.8, 4) is 0 Å². The van der Waals surface area contributed by atoms with Gasteiger partial charge in [-0.05, 0) is 32.6 Å². The summed E-state index contributed by atoms with van der Waals surface area (Å²) in [4.78, 5) is 22.5. The molecule has 0 unspecified atom stereocenters. The molecule has 1 aromatic rings. The Kier molecular flexibility index (Phi) is 6.91. The molecule has 0 aromatic carbocycles. The summed E-state index contributed by atoms with van der Waals surface area (Å²) < 4.78 is 1.92. The Morgan fingerprint density at radius 1 is 1.33 bits per heavy atom. The molecule has 0 fully saturated rings. The van der Waals surface area contributed by atoms with Gasteiger partial charge < -0.3 is 10.4 Å². The van der Waals surface area contributed by atoms with Crippen LogP contribution in [0.15, 0.2) is 6.20 Å². The highest BCUT2D eigenvalue weighted by Crippen LogP contribution is 2.19. The normalized spacial score (nSPS) is 10.9. The van der Waals surface area contributed by atoms with Gasteiger partial charge in [-0.2, -0.15) is 5.10 Å². The first-order valence-electron chi connectivity index (χ1n) is 7.55. The van der Waals surface area contributed by atoms with E-state index in [1.807, 2.05) is 11.6 Å². The summed E-state index contributed by atoms with van der Waals surface area (Å²) in [6, 6.07) is 0.321. The zero-order valence-corrected chi connectivity index (χ0v) is 13.1. The van der Waals surface area contributed by atoms with E-state index in [0.717, 1.165) is 18.5 Å². The number of hydrogen-bond acceptors (Lipinski definition) is 3. The number of unbranched alkanes of at least 4 members (excludes halogenated alkanes) is 1. The number of carboxylic acids is 1. The van der Waals surface area contributed by atoms with Gasteiger partial charge in [0.15, 0.2) is 0 Å². The molecule has 0 saturated heterocycles. The molecule has 6 nitrogen and oxygen atoms in total. The molecule has 0 bridgehead atoms. The molecule has 1 aromatic heterocycles. The van der Waals surface area contributed by atoms with Gasteiger partial charge in [0.25, 0.3) is 5.91 Å². The SMILES string of the molecule is CCC(CC)n1ncc(C(=O)NCCCCC(=O)O)c1C. The monoisotopic (exact) mass is 295 g/mol. The summed E-state index contributed by atoms with van der Waals surface area (Å²) in [5.74, 6) is -0.941.